The minimum absolute atomic E-state index is 0.189. The number of nitrogens with one attached hydrogen (secondary N) is 1. The Morgan fingerprint density at radius 3 is 2.48 bits per heavy atom. The fourth-order valence-electron chi connectivity index (χ4n) is 2.81. The fraction of sp³-hybridized carbons (Fsp3) is 0.611. The van der Waals surface area contributed by atoms with Crippen LogP contribution >= 0.6 is 0 Å². The number of likely N-dealkylation sites (N-methyl/N-ethyl adjacent to an activating group) is 1. The zero-order chi connectivity index (χ0) is 18.4. The van der Waals surface area contributed by atoms with Crippen LogP contribution in [0.25, 0.3) is 0 Å². The Morgan fingerprint density at radius 1 is 1.20 bits per heavy atom. The summed E-state index contributed by atoms with van der Waals surface area (Å²) in [6, 6.07) is 6.32. The Balaban J connectivity index is 2.08. The minimum atomic E-state index is -3.56. The number of benzene rings is 1. The van der Waals surface area contributed by atoms with Gasteiger partial charge in [0, 0.05) is 38.3 Å². The topological polar surface area (TPSA) is 69.7 Å². The van der Waals surface area contributed by atoms with Gasteiger partial charge in [0.05, 0.1) is 4.90 Å². The largest absolute Gasteiger partial charge is 0.352 e. The lowest BCUT2D eigenvalue weighted by Crippen LogP contribution is -2.48. The SMILES string of the molecule is CCN1CCN(S(=O)(=O)c2cccc(C(=O)NCCC(C)C)c2)CC1. The molecule has 1 aromatic rings. The molecule has 1 amide bonds. The lowest BCUT2D eigenvalue weighted by Gasteiger charge is -2.33. The highest BCUT2D eigenvalue weighted by Crippen LogP contribution is 2.19. The molecule has 0 aliphatic carbocycles. The molecule has 6 nitrogen and oxygen atoms in total. The molecule has 0 atom stereocenters. The van der Waals surface area contributed by atoms with Gasteiger partial charge in [-0.05, 0) is 37.1 Å². The molecule has 1 aliphatic rings. The monoisotopic (exact) mass is 367 g/mol. The van der Waals surface area contributed by atoms with Gasteiger partial charge in [-0.2, -0.15) is 4.31 Å². The molecule has 1 aliphatic heterocycles. The van der Waals surface area contributed by atoms with Crippen molar-refractivity contribution in [1.29, 1.82) is 0 Å². The number of hydrogen-bond donors (Lipinski definition) is 1. The van der Waals surface area contributed by atoms with Crippen LogP contribution < -0.4 is 5.32 Å². The molecule has 0 aromatic heterocycles. The first kappa shape index (κ1) is 19.9. The van der Waals surface area contributed by atoms with Gasteiger partial charge < -0.3 is 10.2 Å². The molecular weight excluding hydrogens is 338 g/mol. The van der Waals surface area contributed by atoms with E-state index in [-0.39, 0.29) is 10.8 Å². The summed E-state index contributed by atoms with van der Waals surface area (Å²) in [5.74, 6) is 0.280. The zero-order valence-corrected chi connectivity index (χ0v) is 16.2. The van der Waals surface area contributed by atoms with Crippen LogP contribution in [0.2, 0.25) is 0 Å². The fourth-order valence-corrected chi connectivity index (χ4v) is 4.28. The van der Waals surface area contributed by atoms with Crippen LogP contribution in [0.5, 0.6) is 0 Å². The van der Waals surface area contributed by atoms with Crippen molar-refractivity contribution in [2.75, 3.05) is 39.3 Å². The highest BCUT2D eigenvalue weighted by Gasteiger charge is 2.28. The molecule has 0 radical (unpaired) electrons. The third-order valence-corrected chi connectivity index (χ3v) is 6.41. The maximum Gasteiger partial charge on any atom is 0.251 e. The van der Waals surface area contributed by atoms with E-state index in [2.05, 4.69) is 31.0 Å². The molecular formula is C18H29N3O3S. The van der Waals surface area contributed by atoms with Crippen LogP contribution in [0.1, 0.15) is 37.6 Å². The Bertz CT molecular complexity index is 681. The molecule has 0 unspecified atom stereocenters. The van der Waals surface area contributed by atoms with Crippen molar-refractivity contribution in [1.82, 2.24) is 14.5 Å². The first-order valence-corrected chi connectivity index (χ1v) is 10.4. The van der Waals surface area contributed by atoms with Crippen molar-refractivity contribution in [3.63, 3.8) is 0 Å². The third-order valence-electron chi connectivity index (χ3n) is 4.52. The van der Waals surface area contributed by atoms with Gasteiger partial charge in [0.1, 0.15) is 0 Å². The average Bonchev–Trinajstić information content (AvgIpc) is 2.61. The van der Waals surface area contributed by atoms with Gasteiger partial charge in [-0.1, -0.05) is 26.8 Å². The Kier molecular flexibility index (Phi) is 6.98. The first-order valence-electron chi connectivity index (χ1n) is 8.95. The van der Waals surface area contributed by atoms with Crippen molar-refractivity contribution in [3.8, 4) is 0 Å². The Hall–Kier alpha value is -1.44. The van der Waals surface area contributed by atoms with Gasteiger partial charge >= 0.3 is 0 Å². The molecule has 140 valence electrons. The summed E-state index contributed by atoms with van der Waals surface area (Å²) < 4.78 is 27.2. The van der Waals surface area contributed by atoms with E-state index in [1.165, 1.54) is 10.4 Å². The molecule has 1 saturated heterocycles. The number of piperazine rings is 1. The molecule has 7 heteroatoms. The maximum absolute atomic E-state index is 12.8. The van der Waals surface area contributed by atoms with Gasteiger partial charge in [0.2, 0.25) is 10.0 Å². The second-order valence-corrected chi connectivity index (χ2v) is 8.74. The Morgan fingerprint density at radius 2 is 1.88 bits per heavy atom. The predicted octanol–water partition coefficient (Wildman–Crippen LogP) is 1.79. The highest BCUT2D eigenvalue weighted by atomic mass is 32.2. The molecule has 0 bridgehead atoms. The molecule has 1 N–H and O–H groups in total. The summed E-state index contributed by atoms with van der Waals surface area (Å²) in [4.78, 5) is 14.7. The smallest absolute Gasteiger partial charge is 0.251 e. The summed E-state index contributed by atoms with van der Waals surface area (Å²) >= 11 is 0. The summed E-state index contributed by atoms with van der Waals surface area (Å²) in [5.41, 5.74) is 0.386. The van der Waals surface area contributed by atoms with Gasteiger partial charge in [0.15, 0.2) is 0 Å². The summed E-state index contributed by atoms with van der Waals surface area (Å²) in [5, 5.41) is 2.85. The van der Waals surface area contributed by atoms with Gasteiger partial charge in [-0.3, -0.25) is 4.79 Å². The lowest BCUT2D eigenvalue weighted by atomic mass is 10.1. The van der Waals surface area contributed by atoms with Crippen molar-refractivity contribution in [2.45, 2.75) is 32.1 Å². The predicted molar refractivity (Wildman–Crippen MR) is 99.1 cm³/mol. The lowest BCUT2D eigenvalue weighted by molar-refractivity contribution is 0.0952. The maximum atomic E-state index is 12.8. The van der Waals surface area contributed by atoms with E-state index in [1.807, 2.05) is 0 Å². The van der Waals surface area contributed by atoms with Crippen LogP contribution in [-0.4, -0.2) is 62.8 Å². The van der Waals surface area contributed by atoms with Gasteiger partial charge in [-0.15, -0.1) is 0 Å². The standard InChI is InChI=1S/C18H29N3O3S/c1-4-20-10-12-21(13-11-20)25(23,24)17-7-5-6-16(14-17)18(22)19-9-8-15(2)3/h5-7,14-15H,4,8-13H2,1-3H3,(H,19,22). The second kappa shape index (κ2) is 8.78. The molecule has 1 fully saturated rings. The summed E-state index contributed by atoms with van der Waals surface area (Å²) in [6.07, 6.45) is 0.894. The van der Waals surface area contributed by atoms with Gasteiger partial charge in [0.25, 0.3) is 5.91 Å². The van der Waals surface area contributed by atoms with Crippen molar-refractivity contribution < 1.29 is 13.2 Å². The van der Waals surface area contributed by atoms with Crippen molar-refractivity contribution >= 4 is 15.9 Å². The molecule has 1 heterocycles. The zero-order valence-electron chi connectivity index (χ0n) is 15.4. The molecule has 0 saturated carbocycles. The van der Waals surface area contributed by atoms with Gasteiger partial charge in [-0.25, -0.2) is 8.42 Å². The molecule has 2 rings (SSSR count). The van der Waals surface area contributed by atoms with Crippen LogP contribution in [-0.2, 0) is 10.0 Å². The summed E-state index contributed by atoms with van der Waals surface area (Å²) in [7, 11) is -3.56. The highest BCUT2D eigenvalue weighted by molar-refractivity contribution is 7.89. The van der Waals surface area contributed by atoms with E-state index in [9.17, 15) is 13.2 Å². The number of amides is 1. The molecule has 1 aromatic carbocycles. The number of sulfonamides is 1. The van der Waals surface area contributed by atoms with E-state index in [0.717, 1.165) is 26.1 Å². The number of rotatable bonds is 7. The van der Waals surface area contributed by atoms with Crippen LogP contribution in [0.4, 0.5) is 0 Å². The van der Waals surface area contributed by atoms with Crippen molar-refractivity contribution in [2.24, 2.45) is 5.92 Å². The molecule has 0 spiro atoms. The Labute approximate surface area is 151 Å². The molecule has 25 heavy (non-hydrogen) atoms. The van der Waals surface area contributed by atoms with E-state index in [4.69, 9.17) is 0 Å². The summed E-state index contributed by atoms with van der Waals surface area (Å²) in [6.45, 7) is 10.2. The quantitative estimate of drug-likeness (QED) is 0.798. The van der Waals surface area contributed by atoms with Crippen LogP contribution in [0, 0.1) is 5.92 Å². The van der Waals surface area contributed by atoms with E-state index < -0.39 is 10.0 Å². The third kappa shape index (κ3) is 5.26. The average molecular weight is 368 g/mol. The van der Waals surface area contributed by atoms with E-state index in [0.29, 0.717) is 31.1 Å². The normalized spacial score (nSPS) is 17.0. The number of carbonyl (C=O) groups excluding carboxylic acids is 1. The van der Waals surface area contributed by atoms with E-state index >= 15 is 0 Å². The number of carbonyl (C=O) groups is 1. The number of nitrogens with zero attached hydrogens (tertiary/aromatic N) is 2. The second-order valence-electron chi connectivity index (χ2n) is 6.80. The minimum Gasteiger partial charge on any atom is -0.352 e. The first-order chi connectivity index (χ1) is 11.8. The van der Waals surface area contributed by atoms with E-state index in [1.54, 1.807) is 18.2 Å². The van der Waals surface area contributed by atoms with Crippen LogP contribution in [0.3, 0.4) is 0 Å². The van der Waals surface area contributed by atoms with Crippen molar-refractivity contribution in [3.05, 3.63) is 29.8 Å². The number of hydrogen-bond acceptors (Lipinski definition) is 4. The van der Waals surface area contributed by atoms with Crippen LogP contribution in [0.15, 0.2) is 29.2 Å².